The van der Waals surface area contributed by atoms with Gasteiger partial charge in [-0.05, 0) is 67.9 Å². The van der Waals surface area contributed by atoms with Crippen molar-refractivity contribution >= 4 is 22.4 Å². The number of hydrogen-bond acceptors (Lipinski definition) is 0. The lowest BCUT2D eigenvalue weighted by Gasteiger charge is -2.24. The Balaban J connectivity index is 1.75. The Kier molecular flexibility index (Phi) is 3.17. The number of rotatable bonds is 0. The van der Waals surface area contributed by atoms with Gasteiger partial charge in [0, 0.05) is 21.4 Å². The molecule has 0 fully saturated rings. The van der Waals surface area contributed by atoms with Gasteiger partial charge >= 0.3 is 0 Å². The molecule has 0 saturated heterocycles. The highest BCUT2D eigenvalue weighted by Gasteiger charge is 2.42. The maximum Gasteiger partial charge on any atom is 0.0487 e. The number of halogens is 1. The van der Waals surface area contributed by atoms with Gasteiger partial charge in [-0.2, -0.15) is 0 Å². The van der Waals surface area contributed by atoms with Gasteiger partial charge in [-0.15, -0.1) is 0 Å². The SMILES string of the molecule is CC1(C)c2cc3c(cc2-c2c(Cl)cccc21)C(C)(C)c1ccc2ccccc2c1-3. The van der Waals surface area contributed by atoms with E-state index in [1.165, 1.54) is 55.3 Å². The molecule has 4 aromatic rings. The normalized spacial score (nSPS) is 17.0. The lowest BCUT2D eigenvalue weighted by atomic mass is 9.79. The molecule has 1 heteroatoms. The molecule has 0 bridgehead atoms. The third-order valence-corrected chi connectivity index (χ3v) is 7.65. The van der Waals surface area contributed by atoms with E-state index in [1.54, 1.807) is 0 Å². The fraction of sp³-hybridized carbons (Fsp3) is 0.214. The first-order valence-electron chi connectivity index (χ1n) is 10.3. The summed E-state index contributed by atoms with van der Waals surface area (Å²) in [5.41, 5.74) is 10.8. The van der Waals surface area contributed by atoms with Gasteiger partial charge in [0.1, 0.15) is 0 Å². The molecule has 0 heterocycles. The molecule has 0 aromatic heterocycles. The second-order valence-corrected chi connectivity index (χ2v) is 9.97. The van der Waals surface area contributed by atoms with Crippen LogP contribution in [0.5, 0.6) is 0 Å². The molecular formula is C28H23Cl. The summed E-state index contributed by atoms with van der Waals surface area (Å²) in [6, 6.07) is 24.6. The first-order chi connectivity index (χ1) is 13.8. The van der Waals surface area contributed by atoms with Gasteiger partial charge < -0.3 is 0 Å². The predicted octanol–water partition coefficient (Wildman–Crippen LogP) is 8.11. The predicted molar refractivity (Wildman–Crippen MR) is 124 cm³/mol. The second-order valence-electron chi connectivity index (χ2n) is 9.57. The van der Waals surface area contributed by atoms with Gasteiger partial charge in [0.05, 0.1) is 0 Å². The Labute approximate surface area is 177 Å². The maximum atomic E-state index is 6.71. The van der Waals surface area contributed by atoms with Crippen LogP contribution in [0.1, 0.15) is 49.9 Å². The van der Waals surface area contributed by atoms with E-state index in [9.17, 15) is 0 Å². The van der Waals surface area contributed by atoms with Crippen LogP contribution in [-0.2, 0) is 10.8 Å². The highest BCUT2D eigenvalue weighted by Crippen LogP contribution is 2.58. The summed E-state index contributed by atoms with van der Waals surface area (Å²) in [5, 5.41) is 3.51. The molecule has 2 aliphatic rings. The Morgan fingerprint density at radius 2 is 1.21 bits per heavy atom. The fourth-order valence-electron chi connectivity index (χ4n) is 5.74. The monoisotopic (exact) mass is 394 g/mol. The van der Waals surface area contributed by atoms with E-state index in [4.69, 9.17) is 11.6 Å². The fourth-order valence-corrected chi connectivity index (χ4v) is 6.02. The van der Waals surface area contributed by atoms with Gasteiger partial charge in [0.2, 0.25) is 0 Å². The Hall–Kier alpha value is -2.57. The van der Waals surface area contributed by atoms with Crippen molar-refractivity contribution in [1.82, 2.24) is 0 Å². The van der Waals surface area contributed by atoms with Crippen LogP contribution >= 0.6 is 11.6 Å². The van der Waals surface area contributed by atoms with E-state index in [1.807, 2.05) is 6.07 Å². The van der Waals surface area contributed by atoms with Crippen LogP contribution in [0.4, 0.5) is 0 Å². The summed E-state index contributed by atoms with van der Waals surface area (Å²) in [4.78, 5) is 0. The zero-order chi connectivity index (χ0) is 20.1. The third kappa shape index (κ3) is 2.01. The molecule has 0 unspecified atom stereocenters. The summed E-state index contributed by atoms with van der Waals surface area (Å²) in [7, 11) is 0. The van der Waals surface area contributed by atoms with Gasteiger partial charge in [-0.1, -0.05) is 87.8 Å². The minimum Gasteiger partial charge on any atom is -0.0837 e. The molecule has 0 aliphatic heterocycles. The molecule has 29 heavy (non-hydrogen) atoms. The van der Waals surface area contributed by atoms with E-state index in [2.05, 4.69) is 88.4 Å². The zero-order valence-electron chi connectivity index (χ0n) is 17.2. The van der Waals surface area contributed by atoms with Gasteiger partial charge in [-0.25, -0.2) is 0 Å². The summed E-state index contributed by atoms with van der Waals surface area (Å²) in [6.45, 7) is 9.36. The summed E-state index contributed by atoms with van der Waals surface area (Å²) in [5.74, 6) is 0. The van der Waals surface area contributed by atoms with Crippen LogP contribution in [0, 0.1) is 0 Å². The van der Waals surface area contributed by atoms with Crippen molar-refractivity contribution in [2.45, 2.75) is 38.5 Å². The van der Waals surface area contributed by atoms with E-state index in [-0.39, 0.29) is 10.8 Å². The number of hydrogen-bond donors (Lipinski definition) is 0. The number of benzene rings is 4. The topological polar surface area (TPSA) is 0 Å². The quantitative estimate of drug-likeness (QED) is 0.282. The standard InChI is InChI=1S/C28H23Cl/c1-27(2)20-10-7-11-24(29)26(20)19-15-22-18(14-23(19)27)25-17-9-6-5-8-16(17)12-13-21(25)28(22,3)4/h5-15H,1-4H3. The maximum absolute atomic E-state index is 6.71. The Morgan fingerprint density at radius 3 is 1.93 bits per heavy atom. The van der Waals surface area contributed by atoms with Crippen molar-refractivity contribution in [2.24, 2.45) is 0 Å². The molecule has 6 rings (SSSR count). The molecule has 0 spiro atoms. The molecule has 0 atom stereocenters. The summed E-state index contributed by atoms with van der Waals surface area (Å²) < 4.78 is 0. The molecule has 2 aliphatic carbocycles. The average Bonchev–Trinajstić information content (AvgIpc) is 3.07. The Bertz CT molecular complexity index is 1350. The van der Waals surface area contributed by atoms with Gasteiger partial charge in [-0.3, -0.25) is 0 Å². The lowest BCUT2D eigenvalue weighted by Crippen LogP contribution is -2.16. The van der Waals surface area contributed by atoms with Crippen molar-refractivity contribution in [3.8, 4) is 22.3 Å². The minimum atomic E-state index is -0.0535. The van der Waals surface area contributed by atoms with Crippen molar-refractivity contribution < 1.29 is 0 Å². The number of fused-ring (bicyclic) bond motifs is 8. The van der Waals surface area contributed by atoms with Gasteiger partial charge in [0.25, 0.3) is 0 Å². The second kappa shape index (κ2) is 5.32. The lowest BCUT2D eigenvalue weighted by molar-refractivity contribution is 0.652. The first-order valence-corrected chi connectivity index (χ1v) is 10.7. The minimum absolute atomic E-state index is 0.0299. The molecule has 142 valence electrons. The van der Waals surface area contributed by atoms with E-state index in [0.29, 0.717) is 0 Å². The summed E-state index contributed by atoms with van der Waals surface area (Å²) >= 11 is 6.71. The largest absolute Gasteiger partial charge is 0.0837 e. The molecule has 4 aromatic carbocycles. The highest BCUT2D eigenvalue weighted by molar-refractivity contribution is 6.34. The van der Waals surface area contributed by atoms with E-state index < -0.39 is 0 Å². The van der Waals surface area contributed by atoms with Crippen LogP contribution in [0.15, 0.2) is 66.7 Å². The average molecular weight is 395 g/mol. The summed E-state index contributed by atoms with van der Waals surface area (Å²) in [6.07, 6.45) is 0. The van der Waals surface area contributed by atoms with Crippen LogP contribution in [0.2, 0.25) is 5.02 Å². The molecule has 0 radical (unpaired) electrons. The van der Waals surface area contributed by atoms with Crippen molar-refractivity contribution in [3.63, 3.8) is 0 Å². The van der Waals surface area contributed by atoms with Crippen LogP contribution < -0.4 is 0 Å². The van der Waals surface area contributed by atoms with E-state index >= 15 is 0 Å². The van der Waals surface area contributed by atoms with Gasteiger partial charge in [0.15, 0.2) is 0 Å². The molecule has 0 N–H and O–H groups in total. The molecule has 0 saturated carbocycles. The van der Waals surface area contributed by atoms with Crippen molar-refractivity contribution in [3.05, 3.63) is 94.0 Å². The first kappa shape index (κ1) is 17.3. The van der Waals surface area contributed by atoms with Crippen molar-refractivity contribution in [1.29, 1.82) is 0 Å². The highest BCUT2D eigenvalue weighted by atomic mass is 35.5. The third-order valence-electron chi connectivity index (χ3n) is 7.33. The van der Waals surface area contributed by atoms with Crippen LogP contribution in [-0.4, -0.2) is 0 Å². The van der Waals surface area contributed by atoms with Crippen LogP contribution in [0.3, 0.4) is 0 Å². The van der Waals surface area contributed by atoms with E-state index in [0.717, 1.165) is 5.02 Å². The molecule has 0 amide bonds. The zero-order valence-corrected chi connectivity index (χ0v) is 18.0. The van der Waals surface area contributed by atoms with Crippen LogP contribution in [0.25, 0.3) is 33.0 Å². The smallest absolute Gasteiger partial charge is 0.0487 e. The molecule has 0 nitrogen and oxygen atoms in total. The Morgan fingerprint density at radius 1 is 0.586 bits per heavy atom. The van der Waals surface area contributed by atoms with Crippen molar-refractivity contribution in [2.75, 3.05) is 0 Å². The molecular weight excluding hydrogens is 372 g/mol.